The van der Waals surface area contributed by atoms with Crippen LogP contribution in [0.4, 0.5) is 0 Å². The monoisotopic (exact) mass is 298 g/mol. The third-order valence-electron chi connectivity index (χ3n) is 3.26. The number of hydrogen-bond donors (Lipinski definition) is 0. The largest absolute Gasteiger partial charge is 0.497 e. The highest BCUT2D eigenvalue weighted by Gasteiger charge is 2.21. The highest BCUT2D eigenvalue weighted by atomic mass is 79.9. The number of rotatable bonds is 5. The van der Waals surface area contributed by atoms with E-state index in [1.54, 1.807) is 7.11 Å². The molecule has 0 spiro atoms. The zero-order valence-corrected chi connectivity index (χ0v) is 11.8. The van der Waals surface area contributed by atoms with E-state index < -0.39 is 0 Å². The predicted octanol–water partition coefficient (Wildman–Crippen LogP) is 4.09. The summed E-state index contributed by atoms with van der Waals surface area (Å²) in [7, 11) is 1.69. The van der Waals surface area contributed by atoms with Crippen LogP contribution in [0, 0.1) is 0 Å². The van der Waals surface area contributed by atoms with Crippen molar-refractivity contribution in [3.05, 3.63) is 29.8 Å². The molecular weight excluding hydrogens is 280 g/mol. The van der Waals surface area contributed by atoms with Crippen LogP contribution in [-0.2, 0) is 4.74 Å². The number of alkyl halides is 1. The Morgan fingerprint density at radius 2 is 2.12 bits per heavy atom. The number of hydrogen-bond acceptors (Lipinski definition) is 2. The van der Waals surface area contributed by atoms with Crippen LogP contribution in [0.25, 0.3) is 0 Å². The van der Waals surface area contributed by atoms with E-state index in [0.29, 0.717) is 6.10 Å². The van der Waals surface area contributed by atoms with Crippen LogP contribution >= 0.6 is 15.9 Å². The minimum atomic E-state index is 0.133. The van der Waals surface area contributed by atoms with E-state index in [2.05, 4.69) is 28.1 Å². The average Bonchev–Trinajstić information content (AvgIpc) is 2.89. The standard InChI is InChI=1S/C14H19BrO2/c1-16-13-8-4-5-11(9-13)14(10-15)17-12-6-2-3-7-12/h4-5,8-9,12,14H,2-3,6-7,10H2,1H3. The Balaban J connectivity index is 2.04. The Hall–Kier alpha value is -0.540. The van der Waals surface area contributed by atoms with Crippen molar-refractivity contribution in [2.24, 2.45) is 0 Å². The van der Waals surface area contributed by atoms with E-state index in [9.17, 15) is 0 Å². The Morgan fingerprint density at radius 1 is 1.35 bits per heavy atom. The van der Waals surface area contributed by atoms with Gasteiger partial charge in [-0.15, -0.1) is 0 Å². The summed E-state index contributed by atoms with van der Waals surface area (Å²) in [6.45, 7) is 0. The highest BCUT2D eigenvalue weighted by Crippen LogP contribution is 2.30. The van der Waals surface area contributed by atoms with Crippen LogP contribution in [0.2, 0.25) is 0 Å². The summed E-state index contributed by atoms with van der Waals surface area (Å²) < 4.78 is 11.4. The van der Waals surface area contributed by atoms with Gasteiger partial charge in [0.1, 0.15) is 5.75 Å². The van der Waals surface area contributed by atoms with Crippen molar-refractivity contribution in [3.63, 3.8) is 0 Å². The first-order valence-corrected chi connectivity index (χ1v) is 7.31. The molecule has 94 valence electrons. The summed E-state index contributed by atoms with van der Waals surface area (Å²) in [5.41, 5.74) is 1.19. The summed E-state index contributed by atoms with van der Waals surface area (Å²) in [5, 5.41) is 0.830. The second-order valence-electron chi connectivity index (χ2n) is 4.46. The van der Waals surface area contributed by atoms with Gasteiger partial charge in [0.25, 0.3) is 0 Å². The molecule has 2 nitrogen and oxygen atoms in total. The van der Waals surface area contributed by atoms with E-state index >= 15 is 0 Å². The first kappa shape index (κ1) is 12.9. The normalized spacial score (nSPS) is 18.2. The van der Waals surface area contributed by atoms with E-state index in [4.69, 9.17) is 9.47 Å². The fraction of sp³-hybridized carbons (Fsp3) is 0.571. The molecule has 1 atom stereocenters. The van der Waals surface area contributed by atoms with Crippen molar-refractivity contribution in [1.82, 2.24) is 0 Å². The lowest BCUT2D eigenvalue weighted by Gasteiger charge is -2.21. The van der Waals surface area contributed by atoms with Crippen molar-refractivity contribution >= 4 is 15.9 Å². The molecule has 0 aliphatic heterocycles. The molecular formula is C14H19BrO2. The fourth-order valence-corrected chi connectivity index (χ4v) is 2.83. The molecule has 0 radical (unpaired) electrons. The van der Waals surface area contributed by atoms with Crippen LogP contribution in [0.3, 0.4) is 0 Å². The quantitative estimate of drug-likeness (QED) is 0.762. The fourth-order valence-electron chi connectivity index (χ4n) is 2.30. The second-order valence-corrected chi connectivity index (χ2v) is 5.11. The Kier molecular flexibility index (Phi) is 4.86. The number of ether oxygens (including phenoxy) is 2. The van der Waals surface area contributed by atoms with Crippen LogP contribution in [0.5, 0.6) is 5.75 Å². The molecule has 1 fully saturated rings. The topological polar surface area (TPSA) is 18.5 Å². The molecule has 0 amide bonds. The van der Waals surface area contributed by atoms with Gasteiger partial charge in [-0.05, 0) is 30.5 Å². The van der Waals surface area contributed by atoms with Gasteiger partial charge in [0.15, 0.2) is 0 Å². The molecule has 0 bridgehead atoms. The molecule has 1 aliphatic carbocycles. The molecule has 0 N–H and O–H groups in total. The lowest BCUT2D eigenvalue weighted by Crippen LogP contribution is -2.14. The predicted molar refractivity (Wildman–Crippen MR) is 72.9 cm³/mol. The second kappa shape index (κ2) is 6.41. The number of methoxy groups -OCH3 is 1. The van der Waals surface area contributed by atoms with E-state index in [0.717, 1.165) is 11.1 Å². The van der Waals surface area contributed by atoms with Crippen molar-refractivity contribution < 1.29 is 9.47 Å². The minimum absolute atomic E-state index is 0.133. The Morgan fingerprint density at radius 3 is 2.76 bits per heavy atom. The molecule has 1 aromatic rings. The van der Waals surface area contributed by atoms with Crippen LogP contribution < -0.4 is 4.74 Å². The van der Waals surface area contributed by atoms with E-state index in [1.807, 2.05) is 12.1 Å². The maximum absolute atomic E-state index is 6.14. The van der Waals surface area contributed by atoms with Gasteiger partial charge in [0.05, 0.1) is 19.3 Å². The Bertz CT molecular complexity index is 348. The minimum Gasteiger partial charge on any atom is -0.497 e. The van der Waals surface area contributed by atoms with E-state index in [1.165, 1.54) is 31.2 Å². The summed E-state index contributed by atoms with van der Waals surface area (Å²) >= 11 is 3.54. The van der Waals surface area contributed by atoms with E-state index in [-0.39, 0.29) is 6.10 Å². The van der Waals surface area contributed by atoms with Crippen LogP contribution in [0.1, 0.15) is 37.4 Å². The van der Waals surface area contributed by atoms with Crippen molar-refractivity contribution in [2.45, 2.75) is 37.9 Å². The van der Waals surface area contributed by atoms with Crippen molar-refractivity contribution in [1.29, 1.82) is 0 Å². The third-order valence-corrected chi connectivity index (χ3v) is 3.85. The summed E-state index contributed by atoms with van der Waals surface area (Å²) in [6, 6.07) is 8.14. The van der Waals surface area contributed by atoms with Gasteiger partial charge in [-0.2, -0.15) is 0 Å². The highest BCUT2D eigenvalue weighted by molar-refractivity contribution is 9.09. The van der Waals surface area contributed by atoms with Crippen LogP contribution in [0.15, 0.2) is 24.3 Å². The number of halogens is 1. The van der Waals surface area contributed by atoms with Gasteiger partial charge in [0.2, 0.25) is 0 Å². The lowest BCUT2D eigenvalue weighted by atomic mass is 10.1. The Labute approximate surface area is 111 Å². The van der Waals surface area contributed by atoms with Gasteiger partial charge in [-0.1, -0.05) is 40.9 Å². The molecule has 2 rings (SSSR count). The molecule has 1 saturated carbocycles. The molecule has 17 heavy (non-hydrogen) atoms. The first-order valence-electron chi connectivity index (χ1n) is 6.19. The smallest absolute Gasteiger partial charge is 0.119 e. The van der Waals surface area contributed by atoms with Gasteiger partial charge in [-0.3, -0.25) is 0 Å². The molecule has 1 aromatic carbocycles. The molecule has 0 aromatic heterocycles. The van der Waals surface area contributed by atoms with Gasteiger partial charge in [-0.25, -0.2) is 0 Å². The van der Waals surface area contributed by atoms with Crippen LogP contribution in [-0.4, -0.2) is 18.5 Å². The van der Waals surface area contributed by atoms with Gasteiger partial charge >= 0.3 is 0 Å². The molecule has 0 heterocycles. The maximum Gasteiger partial charge on any atom is 0.119 e. The maximum atomic E-state index is 6.14. The molecule has 1 unspecified atom stereocenters. The van der Waals surface area contributed by atoms with Gasteiger partial charge in [0, 0.05) is 5.33 Å². The molecule has 1 aliphatic rings. The molecule has 3 heteroatoms. The zero-order valence-electron chi connectivity index (χ0n) is 10.2. The first-order chi connectivity index (χ1) is 8.33. The third kappa shape index (κ3) is 3.46. The van der Waals surface area contributed by atoms with Crippen molar-refractivity contribution in [2.75, 3.05) is 12.4 Å². The summed E-state index contributed by atoms with van der Waals surface area (Å²) in [5.74, 6) is 0.892. The summed E-state index contributed by atoms with van der Waals surface area (Å²) in [4.78, 5) is 0. The average molecular weight is 299 g/mol. The zero-order chi connectivity index (χ0) is 12.1. The molecule has 0 saturated heterocycles. The van der Waals surface area contributed by atoms with Gasteiger partial charge < -0.3 is 9.47 Å². The number of benzene rings is 1. The summed E-state index contributed by atoms with van der Waals surface area (Å²) in [6.07, 6.45) is 5.58. The lowest BCUT2D eigenvalue weighted by molar-refractivity contribution is 0.00425. The SMILES string of the molecule is COc1cccc(C(CBr)OC2CCCC2)c1. The van der Waals surface area contributed by atoms with Crippen molar-refractivity contribution in [3.8, 4) is 5.75 Å².